The topological polar surface area (TPSA) is 26.3 Å². The van der Waals surface area contributed by atoms with Crippen LogP contribution >= 0.6 is 23.1 Å². The van der Waals surface area contributed by atoms with Gasteiger partial charge in [-0.05, 0) is 37.0 Å². The van der Waals surface area contributed by atoms with Crippen molar-refractivity contribution in [2.24, 2.45) is 0 Å². The summed E-state index contributed by atoms with van der Waals surface area (Å²) in [5.41, 5.74) is 0. The van der Waals surface area contributed by atoms with Gasteiger partial charge in [0.2, 0.25) is 0 Å². The van der Waals surface area contributed by atoms with Crippen LogP contribution < -0.4 is 0 Å². The van der Waals surface area contributed by atoms with Crippen LogP contribution in [0, 0.1) is 0 Å². The van der Waals surface area contributed by atoms with E-state index in [2.05, 4.69) is 6.92 Å². The highest BCUT2D eigenvalue weighted by Crippen LogP contribution is 2.27. The van der Waals surface area contributed by atoms with Gasteiger partial charge in [0.25, 0.3) is 0 Å². The molecular formula is C13H18O2S2. The van der Waals surface area contributed by atoms with Gasteiger partial charge in [0.15, 0.2) is 5.78 Å². The molecule has 2 unspecified atom stereocenters. The molecule has 1 saturated heterocycles. The summed E-state index contributed by atoms with van der Waals surface area (Å²) in [4.78, 5) is 12.6. The molecule has 0 bridgehead atoms. The number of hydrogen-bond donors (Lipinski definition) is 0. The second-order valence-corrected chi connectivity index (χ2v) is 6.57. The summed E-state index contributed by atoms with van der Waals surface area (Å²) < 4.78 is 5.52. The smallest absolute Gasteiger partial charge is 0.172 e. The lowest BCUT2D eigenvalue weighted by molar-refractivity contribution is 0.0986. The lowest BCUT2D eigenvalue weighted by atomic mass is 10.2. The van der Waals surface area contributed by atoms with Crippen LogP contribution in [0.3, 0.4) is 0 Å². The van der Waals surface area contributed by atoms with Crippen molar-refractivity contribution in [1.82, 2.24) is 0 Å². The molecule has 2 rings (SSSR count). The van der Waals surface area contributed by atoms with Crippen molar-refractivity contribution in [2.75, 3.05) is 12.4 Å². The Morgan fingerprint density at radius 2 is 2.53 bits per heavy atom. The zero-order valence-corrected chi connectivity index (χ0v) is 11.7. The summed E-state index contributed by atoms with van der Waals surface area (Å²) in [6.07, 6.45) is 3.19. The van der Waals surface area contributed by atoms with Crippen molar-refractivity contribution in [3.05, 3.63) is 22.4 Å². The van der Waals surface area contributed by atoms with E-state index < -0.39 is 0 Å². The third-order valence-electron chi connectivity index (χ3n) is 2.98. The first-order valence-corrected chi connectivity index (χ1v) is 8.00. The fourth-order valence-corrected chi connectivity index (χ4v) is 3.88. The lowest BCUT2D eigenvalue weighted by Crippen LogP contribution is -2.14. The fourth-order valence-electron chi connectivity index (χ4n) is 1.96. The van der Waals surface area contributed by atoms with Crippen molar-refractivity contribution in [2.45, 2.75) is 37.5 Å². The molecule has 2 nitrogen and oxygen atoms in total. The highest BCUT2D eigenvalue weighted by Gasteiger charge is 2.24. The molecule has 1 aromatic heterocycles. The van der Waals surface area contributed by atoms with Crippen LogP contribution in [-0.2, 0) is 4.74 Å². The van der Waals surface area contributed by atoms with Gasteiger partial charge in [0.05, 0.1) is 11.0 Å². The molecule has 0 N–H and O–H groups in total. The Bertz CT molecular complexity index is 348. The molecular weight excluding hydrogens is 252 g/mol. The molecule has 1 aromatic rings. The molecule has 0 aromatic carbocycles. The first-order valence-electron chi connectivity index (χ1n) is 6.07. The van der Waals surface area contributed by atoms with Crippen LogP contribution in [0.5, 0.6) is 0 Å². The summed E-state index contributed by atoms with van der Waals surface area (Å²) >= 11 is 3.50. The number of Topliss-reactive ketones (excluding diaryl/α,β-unsaturated/α-hetero) is 1. The molecule has 0 spiro atoms. The maximum Gasteiger partial charge on any atom is 0.172 e. The normalized spacial score (nSPS) is 24.1. The number of thioether (sulfide) groups is 1. The quantitative estimate of drug-likeness (QED) is 0.583. The molecule has 0 amide bonds. The number of ether oxygens (including phenoxy) is 1. The standard InChI is InChI=1S/C13H18O2S2/c1-10-12(6-7-15-10)16-8-2-4-11(14)13-5-3-9-17-13/h3,5,9-10,12H,2,4,6-8H2,1H3. The largest absolute Gasteiger partial charge is 0.377 e. The van der Waals surface area contributed by atoms with Crippen LogP contribution in [0.15, 0.2) is 17.5 Å². The molecule has 4 heteroatoms. The lowest BCUT2D eigenvalue weighted by Gasteiger charge is -2.12. The SMILES string of the molecule is CC1OCCC1SCCCC(=O)c1cccs1. The molecule has 0 aliphatic carbocycles. The third kappa shape index (κ3) is 3.83. The van der Waals surface area contributed by atoms with Crippen LogP contribution in [0.25, 0.3) is 0 Å². The van der Waals surface area contributed by atoms with E-state index in [1.54, 1.807) is 0 Å². The van der Waals surface area contributed by atoms with Crippen molar-refractivity contribution in [3.8, 4) is 0 Å². The monoisotopic (exact) mass is 270 g/mol. The van der Waals surface area contributed by atoms with Crippen molar-refractivity contribution < 1.29 is 9.53 Å². The number of ketones is 1. The van der Waals surface area contributed by atoms with Crippen molar-refractivity contribution in [3.63, 3.8) is 0 Å². The van der Waals surface area contributed by atoms with E-state index in [1.165, 1.54) is 11.3 Å². The van der Waals surface area contributed by atoms with E-state index in [-0.39, 0.29) is 5.78 Å². The van der Waals surface area contributed by atoms with Gasteiger partial charge in [-0.15, -0.1) is 11.3 Å². The number of carbonyl (C=O) groups excluding carboxylic acids is 1. The van der Waals surface area contributed by atoms with Gasteiger partial charge < -0.3 is 4.74 Å². The Balaban J connectivity index is 1.62. The van der Waals surface area contributed by atoms with Gasteiger partial charge in [0.1, 0.15) is 0 Å². The number of hydrogen-bond acceptors (Lipinski definition) is 4. The molecule has 0 saturated carbocycles. The second-order valence-electron chi connectivity index (χ2n) is 4.28. The van der Waals surface area contributed by atoms with Crippen LogP contribution in [-0.4, -0.2) is 29.5 Å². The van der Waals surface area contributed by atoms with Crippen LogP contribution in [0.4, 0.5) is 0 Å². The maximum atomic E-state index is 11.7. The first-order chi connectivity index (χ1) is 8.27. The van der Waals surface area contributed by atoms with Crippen molar-refractivity contribution in [1.29, 1.82) is 0 Å². The molecule has 1 aliphatic heterocycles. The summed E-state index contributed by atoms with van der Waals surface area (Å²) in [7, 11) is 0. The highest BCUT2D eigenvalue weighted by molar-refractivity contribution is 7.99. The summed E-state index contributed by atoms with van der Waals surface area (Å²) in [6, 6.07) is 3.84. The molecule has 2 heterocycles. The van der Waals surface area contributed by atoms with E-state index in [1.807, 2.05) is 29.3 Å². The Labute approximate surface area is 111 Å². The molecule has 17 heavy (non-hydrogen) atoms. The number of rotatable bonds is 6. The maximum absolute atomic E-state index is 11.7. The third-order valence-corrected chi connectivity index (χ3v) is 5.47. The fraction of sp³-hybridized carbons (Fsp3) is 0.615. The molecule has 0 radical (unpaired) electrons. The summed E-state index contributed by atoms with van der Waals surface area (Å²) in [5.74, 6) is 1.35. The van der Waals surface area contributed by atoms with E-state index >= 15 is 0 Å². The van der Waals surface area contributed by atoms with Crippen LogP contribution in [0.2, 0.25) is 0 Å². The number of carbonyl (C=O) groups is 1. The van der Waals surface area contributed by atoms with E-state index in [0.717, 1.165) is 30.1 Å². The van der Waals surface area contributed by atoms with Gasteiger partial charge >= 0.3 is 0 Å². The average Bonchev–Trinajstić information content (AvgIpc) is 2.96. The zero-order valence-electron chi connectivity index (χ0n) is 10.1. The minimum atomic E-state index is 0.288. The molecule has 1 aliphatic rings. The van der Waals surface area contributed by atoms with E-state index in [0.29, 0.717) is 17.8 Å². The Morgan fingerprint density at radius 3 is 3.18 bits per heavy atom. The molecule has 1 fully saturated rings. The second kappa shape index (κ2) is 6.57. The average molecular weight is 270 g/mol. The minimum absolute atomic E-state index is 0.288. The zero-order chi connectivity index (χ0) is 12.1. The Hall–Kier alpha value is -0.320. The highest BCUT2D eigenvalue weighted by atomic mass is 32.2. The minimum Gasteiger partial charge on any atom is -0.377 e. The van der Waals surface area contributed by atoms with Crippen molar-refractivity contribution >= 4 is 28.9 Å². The van der Waals surface area contributed by atoms with E-state index in [9.17, 15) is 4.79 Å². The predicted octanol–water partition coefficient (Wildman–Crippen LogP) is 3.62. The van der Waals surface area contributed by atoms with E-state index in [4.69, 9.17) is 4.74 Å². The van der Waals surface area contributed by atoms with Gasteiger partial charge in [-0.25, -0.2) is 0 Å². The van der Waals surface area contributed by atoms with Gasteiger partial charge in [-0.2, -0.15) is 11.8 Å². The number of thiophene rings is 1. The summed E-state index contributed by atoms with van der Waals surface area (Å²) in [5, 5.41) is 2.59. The van der Waals surface area contributed by atoms with Gasteiger partial charge in [-0.1, -0.05) is 6.07 Å². The summed E-state index contributed by atoms with van der Waals surface area (Å²) in [6.45, 7) is 3.04. The molecule has 2 atom stereocenters. The van der Waals surface area contributed by atoms with Gasteiger partial charge in [0, 0.05) is 18.3 Å². The predicted molar refractivity (Wildman–Crippen MR) is 74.2 cm³/mol. The van der Waals surface area contributed by atoms with Gasteiger partial charge in [-0.3, -0.25) is 4.79 Å². The first kappa shape index (κ1) is 13.1. The Morgan fingerprint density at radius 1 is 1.65 bits per heavy atom. The van der Waals surface area contributed by atoms with Crippen LogP contribution in [0.1, 0.15) is 35.9 Å². The molecule has 94 valence electrons. The Kier molecular flexibility index (Phi) is 5.07.